The fraction of sp³-hybridized carbons (Fsp3) is 0.217. The van der Waals surface area contributed by atoms with Gasteiger partial charge in [0.2, 0.25) is 0 Å². The molecule has 0 atom stereocenters. The van der Waals surface area contributed by atoms with Crippen LogP contribution in [0.15, 0.2) is 88.8 Å². The summed E-state index contributed by atoms with van der Waals surface area (Å²) in [5.41, 5.74) is 3.60. The van der Waals surface area contributed by atoms with Gasteiger partial charge in [0.05, 0.1) is 5.71 Å². The highest BCUT2D eigenvalue weighted by Crippen LogP contribution is 2.12. The summed E-state index contributed by atoms with van der Waals surface area (Å²) in [4.78, 5) is 16.5. The van der Waals surface area contributed by atoms with E-state index in [4.69, 9.17) is 0 Å². The second-order valence-electron chi connectivity index (χ2n) is 4.90. The standard InChI is InChI=1S/C19H16N2O.2C2H6/c1-20-19(15-8-4-2-5-9-15)16-12-13-18(22)21(14-16)17-10-6-3-7-11-17;2*1-2/h2-14H,1H3;2*1-2H3. The van der Waals surface area contributed by atoms with Gasteiger partial charge in [0.15, 0.2) is 0 Å². The third kappa shape index (κ3) is 5.28. The summed E-state index contributed by atoms with van der Waals surface area (Å²) < 4.78 is 1.64. The molecule has 0 saturated carbocycles. The molecule has 3 heteroatoms. The van der Waals surface area contributed by atoms with Crippen LogP contribution in [0.4, 0.5) is 0 Å². The molecule has 3 rings (SSSR count). The first kappa shape index (κ1) is 21.1. The zero-order chi connectivity index (χ0) is 19.4. The maximum Gasteiger partial charge on any atom is 0.255 e. The minimum absolute atomic E-state index is 0.0570. The Balaban J connectivity index is 0.000000791. The van der Waals surface area contributed by atoms with E-state index in [2.05, 4.69) is 4.99 Å². The molecule has 1 heterocycles. The fourth-order valence-electron chi connectivity index (χ4n) is 2.44. The van der Waals surface area contributed by atoms with Gasteiger partial charge in [-0.15, -0.1) is 0 Å². The average molecular weight is 348 g/mol. The normalized spacial score (nSPS) is 10.1. The lowest BCUT2D eigenvalue weighted by Gasteiger charge is -2.10. The molecule has 0 aliphatic rings. The fourth-order valence-corrected chi connectivity index (χ4v) is 2.44. The summed E-state index contributed by atoms with van der Waals surface area (Å²) in [6.07, 6.45) is 1.84. The maximum absolute atomic E-state index is 12.1. The van der Waals surface area contributed by atoms with Gasteiger partial charge in [0.25, 0.3) is 5.56 Å². The van der Waals surface area contributed by atoms with E-state index in [-0.39, 0.29) is 5.56 Å². The van der Waals surface area contributed by atoms with Crippen molar-refractivity contribution in [3.05, 3.63) is 100 Å². The minimum Gasteiger partial charge on any atom is -0.287 e. The van der Waals surface area contributed by atoms with Crippen molar-refractivity contribution >= 4 is 5.71 Å². The van der Waals surface area contributed by atoms with E-state index < -0.39 is 0 Å². The summed E-state index contributed by atoms with van der Waals surface area (Å²) >= 11 is 0. The highest BCUT2D eigenvalue weighted by atomic mass is 16.1. The molecule has 3 nitrogen and oxygen atoms in total. The van der Waals surface area contributed by atoms with E-state index in [0.29, 0.717) is 0 Å². The number of rotatable bonds is 3. The summed E-state index contributed by atoms with van der Waals surface area (Å²) in [6, 6.07) is 23.0. The first-order chi connectivity index (χ1) is 12.8. The Hall–Kier alpha value is -2.94. The maximum atomic E-state index is 12.1. The number of aliphatic imine (C=N–C) groups is 1. The van der Waals surface area contributed by atoms with Crippen LogP contribution in [0.25, 0.3) is 5.69 Å². The third-order valence-corrected chi connectivity index (χ3v) is 3.49. The number of pyridine rings is 1. The number of para-hydroxylation sites is 1. The van der Waals surface area contributed by atoms with Crippen molar-refractivity contribution in [2.24, 2.45) is 4.99 Å². The second-order valence-corrected chi connectivity index (χ2v) is 4.90. The molecule has 0 saturated heterocycles. The van der Waals surface area contributed by atoms with E-state index in [0.717, 1.165) is 22.5 Å². The van der Waals surface area contributed by atoms with Crippen molar-refractivity contribution in [1.82, 2.24) is 4.57 Å². The Bertz CT molecular complexity index is 850. The van der Waals surface area contributed by atoms with Crippen LogP contribution < -0.4 is 5.56 Å². The van der Waals surface area contributed by atoms with E-state index in [1.54, 1.807) is 17.7 Å². The molecule has 0 fully saturated rings. The zero-order valence-electron chi connectivity index (χ0n) is 16.3. The summed E-state index contributed by atoms with van der Waals surface area (Å²) in [5, 5.41) is 0. The molecule has 1 aromatic heterocycles. The van der Waals surface area contributed by atoms with E-state index in [1.807, 2.05) is 101 Å². The monoisotopic (exact) mass is 348 g/mol. The SMILES string of the molecule is CC.CC.CN=C(c1ccccc1)c1ccc(=O)n(-c2ccccc2)c1. The summed E-state index contributed by atoms with van der Waals surface area (Å²) in [7, 11) is 1.76. The minimum atomic E-state index is -0.0570. The van der Waals surface area contributed by atoms with Gasteiger partial charge >= 0.3 is 0 Å². The highest BCUT2D eigenvalue weighted by molar-refractivity contribution is 6.12. The third-order valence-electron chi connectivity index (χ3n) is 3.49. The van der Waals surface area contributed by atoms with Crippen LogP contribution in [0, 0.1) is 0 Å². The van der Waals surface area contributed by atoms with Crippen molar-refractivity contribution in [3.8, 4) is 5.69 Å². The molecule has 0 aliphatic carbocycles. The van der Waals surface area contributed by atoms with Crippen molar-refractivity contribution < 1.29 is 0 Å². The van der Waals surface area contributed by atoms with Crippen LogP contribution in [0.5, 0.6) is 0 Å². The van der Waals surface area contributed by atoms with Crippen LogP contribution in [-0.2, 0) is 0 Å². The molecule has 0 aliphatic heterocycles. The van der Waals surface area contributed by atoms with E-state index >= 15 is 0 Å². The molecular formula is C23H28N2O. The van der Waals surface area contributed by atoms with Crippen LogP contribution in [0.3, 0.4) is 0 Å². The number of hydrogen-bond donors (Lipinski definition) is 0. The van der Waals surface area contributed by atoms with E-state index in [9.17, 15) is 4.79 Å². The van der Waals surface area contributed by atoms with Gasteiger partial charge in [-0.2, -0.15) is 0 Å². The summed E-state index contributed by atoms with van der Waals surface area (Å²) in [5.74, 6) is 0. The van der Waals surface area contributed by atoms with Crippen molar-refractivity contribution in [1.29, 1.82) is 0 Å². The molecule has 26 heavy (non-hydrogen) atoms. The van der Waals surface area contributed by atoms with Crippen LogP contribution in [0.2, 0.25) is 0 Å². The van der Waals surface area contributed by atoms with Gasteiger partial charge in [0.1, 0.15) is 0 Å². The molecule has 3 aromatic rings. The smallest absolute Gasteiger partial charge is 0.255 e. The molecule has 0 unspecified atom stereocenters. The predicted octanol–water partition coefficient (Wildman–Crippen LogP) is 5.36. The van der Waals surface area contributed by atoms with Gasteiger partial charge in [-0.3, -0.25) is 14.4 Å². The Morgan fingerprint density at radius 2 is 1.27 bits per heavy atom. The van der Waals surface area contributed by atoms with Crippen molar-refractivity contribution in [2.75, 3.05) is 7.05 Å². The Morgan fingerprint density at radius 3 is 1.81 bits per heavy atom. The van der Waals surface area contributed by atoms with Gasteiger partial charge < -0.3 is 0 Å². The quantitative estimate of drug-likeness (QED) is 0.587. The van der Waals surface area contributed by atoms with Crippen LogP contribution in [-0.4, -0.2) is 17.3 Å². The van der Waals surface area contributed by atoms with Crippen molar-refractivity contribution in [3.63, 3.8) is 0 Å². The molecule has 2 aromatic carbocycles. The van der Waals surface area contributed by atoms with Crippen molar-refractivity contribution in [2.45, 2.75) is 27.7 Å². The van der Waals surface area contributed by atoms with Crippen LogP contribution in [0.1, 0.15) is 38.8 Å². The zero-order valence-corrected chi connectivity index (χ0v) is 16.3. The Kier molecular flexibility index (Phi) is 9.40. The molecule has 0 bridgehead atoms. The first-order valence-corrected chi connectivity index (χ1v) is 9.10. The molecular weight excluding hydrogens is 320 g/mol. The topological polar surface area (TPSA) is 34.4 Å². The number of benzene rings is 2. The van der Waals surface area contributed by atoms with Crippen LogP contribution >= 0.6 is 0 Å². The number of aromatic nitrogens is 1. The van der Waals surface area contributed by atoms with Gasteiger partial charge in [-0.05, 0) is 18.2 Å². The first-order valence-electron chi connectivity index (χ1n) is 9.10. The van der Waals surface area contributed by atoms with E-state index in [1.165, 1.54) is 0 Å². The molecule has 0 amide bonds. The predicted molar refractivity (Wildman–Crippen MR) is 113 cm³/mol. The van der Waals surface area contributed by atoms with Gasteiger partial charge in [-0.25, -0.2) is 0 Å². The second kappa shape index (κ2) is 11.6. The van der Waals surface area contributed by atoms with Gasteiger partial charge in [-0.1, -0.05) is 76.2 Å². The summed E-state index contributed by atoms with van der Waals surface area (Å²) in [6.45, 7) is 8.00. The molecule has 0 spiro atoms. The lowest BCUT2D eigenvalue weighted by Crippen LogP contribution is -2.18. The average Bonchev–Trinajstić information content (AvgIpc) is 2.74. The number of hydrogen-bond acceptors (Lipinski definition) is 2. The lowest BCUT2D eigenvalue weighted by molar-refractivity contribution is 0.986. The Morgan fingerprint density at radius 1 is 0.731 bits per heavy atom. The highest BCUT2D eigenvalue weighted by Gasteiger charge is 2.08. The molecule has 0 radical (unpaired) electrons. The molecule has 0 N–H and O–H groups in total. The Labute approximate surface area is 156 Å². The largest absolute Gasteiger partial charge is 0.287 e. The molecule has 136 valence electrons. The van der Waals surface area contributed by atoms with Gasteiger partial charge in [0, 0.05) is 36.1 Å². The number of nitrogens with zero attached hydrogens (tertiary/aromatic N) is 2. The lowest BCUT2D eigenvalue weighted by atomic mass is 10.0.